The van der Waals surface area contributed by atoms with Gasteiger partial charge < -0.3 is 9.32 Å². The smallest absolute Gasteiger partial charge is 0.135 e. The van der Waals surface area contributed by atoms with E-state index in [1.807, 2.05) is 12.1 Å². The highest BCUT2D eigenvalue weighted by Crippen LogP contribution is 2.41. The Kier molecular flexibility index (Phi) is 5.54. The normalized spacial score (nSPS) is 11.6. The van der Waals surface area contributed by atoms with Crippen LogP contribution in [0, 0.1) is 0 Å². The molecule has 2 heteroatoms. The second kappa shape index (κ2) is 9.86. The summed E-state index contributed by atoms with van der Waals surface area (Å²) in [5, 5.41) is 9.95. The molecule has 0 fully saturated rings. The van der Waals surface area contributed by atoms with Gasteiger partial charge in [0.05, 0.1) is 0 Å². The van der Waals surface area contributed by atoms with Gasteiger partial charge in [0.2, 0.25) is 0 Å². The van der Waals surface area contributed by atoms with Crippen molar-refractivity contribution in [3.05, 3.63) is 164 Å². The SMILES string of the molecule is c1ccc(N(c2ccc(-c3ccc4oc5ccccc5c4c3)cc2)c2ccc3c4ccccc4c4ccccc4c3c2)cc1. The number of anilines is 3. The number of hydrogen-bond donors (Lipinski definition) is 0. The van der Waals surface area contributed by atoms with Crippen LogP contribution in [0.5, 0.6) is 0 Å². The molecule has 1 aromatic heterocycles. The molecule has 9 aromatic rings. The average Bonchev–Trinajstić information content (AvgIpc) is 3.47. The van der Waals surface area contributed by atoms with Crippen molar-refractivity contribution in [2.75, 3.05) is 4.90 Å². The van der Waals surface area contributed by atoms with Crippen LogP contribution in [0.15, 0.2) is 168 Å². The molecule has 0 saturated heterocycles. The summed E-state index contributed by atoms with van der Waals surface area (Å²) in [6, 6.07) is 58.6. The van der Waals surface area contributed by atoms with Crippen molar-refractivity contribution in [2.45, 2.75) is 0 Å². The van der Waals surface area contributed by atoms with Gasteiger partial charge in [-0.2, -0.15) is 0 Å². The molecule has 0 radical (unpaired) electrons. The maximum atomic E-state index is 6.07. The van der Waals surface area contributed by atoms with E-state index in [0.29, 0.717) is 0 Å². The van der Waals surface area contributed by atoms with Crippen molar-refractivity contribution >= 4 is 71.3 Å². The van der Waals surface area contributed by atoms with Crippen LogP contribution in [-0.2, 0) is 0 Å². The number of fused-ring (bicyclic) bond motifs is 9. The first kappa shape index (κ1) is 24.7. The average molecular weight is 562 g/mol. The van der Waals surface area contributed by atoms with Crippen LogP contribution in [0.1, 0.15) is 0 Å². The van der Waals surface area contributed by atoms with Gasteiger partial charge in [0.25, 0.3) is 0 Å². The summed E-state index contributed by atoms with van der Waals surface area (Å²) < 4.78 is 6.07. The van der Waals surface area contributed by atoms with Gasteiger partial charge >= 0.3 is 0 Å². The topological polar surface area (TPSA) is 16.4 Å². The molecule has 0 bridgehead atoms. The lowest BCUT2D eigenvalue weighted by atomic mass is 9.94. The summed E-state index contributed by atoms with van der Waals surface area (Å²) in [5.41, 5.74) is 7.54. The summed E-state index contributed by atoms with van der Waals surface area (Å²) in [6.45, 7) is 0. The largest absolute Gasteiger partial charge is 0.456 e. The quantitative estimate of drug-likeness (QED) is 0.199. The van der Waals surface area contributed by atoms with E-state index in [4.69, 9.17) is 4.42 Å². The summed E-state index contributed by atoms with van der Waals surface area (Å²) in [7, 11) is 0. The van der Waals surface area contributed by atoms with Crippen LogP contribution >= 0.6 is 0 Å². The molecule has 206 valence electrons. The van der Waals surface area contributed by atoms with Crippen molar-refractivity contribution in [3.63, 3.8) is 0 Å². The Hall–Kier alpha value is -5.86. The molecule has 0 aliphatic carbocycles. The van der Waals surface area contributed by atoms with E-state index in [0.717, 1.165) is 39.0 Å². The third kappa shape index (κ3) is 3.89. The second-order valence-electron chi connectivity index (χ2n) is 11.3. The van der Waals surface area contributed by atoms with E-state index in [1.54, 1.807) is 0 Å². The van der Waals surface area contributed by atoms with E-state index in [1.165, 1.54) is 43.4 Å². The van der Waals surface area contributed by atoms with Crippen LogP contribution in [0.2, 0.25) is 0 Å². The van der Waals surface area contributed by atoms with Crippen molar-refractivity contribution < 1.29 is 4.42 Å². The number of benzene rings is 8. The summed E-state index contributed by atoms with van der Waals surface area (Å²) in [6.07, 6.45) is 0. The third-order valence-electron chi connectivity index (χ3n) is 8.84. The van der Waals surface area contributed by atoms with Crippen molar-refractivity contribution in [1.29, 1.82) is 0 Å². The molecule has 0 aliphatic rings. The molecule has 0 saturated carbocycles. The van der Waals surface area contributed by atoms with Crippen molar-refractivity contribution in [3.8, 4) is 11.1 Å². The zero-order valence-corrected chi connectivity index (χ0v) is 23.9. The molecule has 0 aliphatic heterocycles. The lowest BCUT2D eigenvalue weighted by Crippen LogP contribution is -2.09. The lowest BCUT2D eigenvalue weighted by molar-refractivity contribution is 0.669. The monoisotopic (exact) mass is 561 g/mol. The van der Waals surface area contributed by atoms with Gasteiger partial charge in [-0.25, -0.2) is 0 Å². The summed E-state index contributed by atoms with van der Waals surface area (Å²) >= 11 is 0. The number of nitrogens with zero attached hydrogens (tertiary/aromatic N) is 1. The Labute approximate surface area is 255 Å². The predicted octanol–water partition coefficient (Wildman–Crippen LogP) is 12.2. The maximum absolute atomic E-state index is 6.07. The fraction of sp³-hybridized carbons (Fsp3) is 0. The lowest BCUT2D eigenvalue weighted by Gasteiger charge is -2.26. The molecule has 9 rings (SSSR count). The Morgan fingerprint density at radius 1 is 0.295 bits per heavy atom. The Bertz CT molecular complexity index is 2450. The predicted molar refractivity (Wildman–Crippen MR) is 186 cm³/mol. The fourth-order valence-electron chi connectivity index (χ4n) is 6.77. The number of rotatable bonds is 4. The van der Waals surface area contributed by atoms with Gasteiger partial charge in [-0.15, -0.1) is 0 Å². The first-order valence-electron chi connectivity index (χ1n) is 15.0. The highest BCUT2D eigenvalue weighted by Gasteiger charge is 2.16. The minimum Gasteiger partial charge on any atom is -0.456 e. The first-order valence-corrected chi connectivity index (χ1v) is 15.0. The van der Waals surface area contributed by atoms with Crippen LogP contribution in [-0.4, -0.2) is 0 Å². The molecule has 0 spiro atoms. The molecule has 2 nitrogen and oxygen atoms in total. The van der Waals surface area contributed by atoms with Crippen LogP contribution in [0.3, 0.4) is 0 Å². The molecular formula is C42H27NO. The highest BCUT2D eigenvalue weighted by atomic mass is 16.3. The van der Waals surface area contributed by atoms with Gasteiger partial charge in [0.1, 0.15) is 11.2 Å². The number of para-hydroxylation sites is 2. The molecule has 0 amide bonds. The fourth-order valence-corrected chi connectivity index (χ4v) is 6.77. The van der Waals surface area contributed by atoms with Gasteiger partial charge in [-0.1, -0.05) is 109 Å². The van der Waals surface area contributed by atoms with Gasteiger partial charge in [0, 0.05) is 27.8 Å². The van der Waals surface area contributed by atoms with Gasteiger partial charge in [-0.3, -0.25) is 0 Å². The van der Waals surface area contributed by atoms with E-state index in [9.17, 15) is 0 Å². The van der Waals surface area contributed by atoms with E-state index >= 15 is 0 Å². The van der Waals surface area contributed by atoms with Crippen LogP contribution < -0.4 is 4.90 Å². The summed E-state index contributed by atoms with van der Waals surface area (Å²) in [5.74, 6) is 0. The molecule has 0 atom stereocenters. The molecule has 8 aromatic carbocycles. The van der Waals surface area contributed by atoms with Crippen LogP contribution in [0.4, 0.5) is 17.1 Å². The zero-order valence-electron chi connectivity index (χ0n) is 23.9. The summed E-state index contributed by atoms with van der Waals surface area (Å²) in [4.78, 5) is 2.35. The highest BCUT2D eigenvalue weighted by molar-refractivity contribution is 6.25. The van der Waals surface area contributed by atoms with Gasteiger partial charge in [-0.05, 0) is 98.0 Å². The Morgan fingerprint density at radius 2 is 0.795 bits per heavy atom. The minimum atomic E-state index is 0.915. The second-order valence-corrected chi connectivity index (χ2v) is 11.3. The van der Waals surface area contributed by atoms with E-state index in [-0.39, 0.29) is 0 Å². The van der Waals surface area contributed by atoms with E-state index < -0.39 is 0 Å². The minimum absolute atomic E-state index is 0.915. The maximum Gasteiger partial charge on any atom is 0.135 e. The number of hydrogen-bond acceptors (Lipinski definition) is 2. The third-order valence-corrected chi connectivity index (χ3v) is 8.84. The van der Waals surface area contributed by atoms with Crippen molar-refractivity contribution in [1.82, 2.24) is 0 Å². The molecule has 1 heterocycles. The number of furan rings is 1. The van der Waals surface area contributed by atoms with Gasteiger partial charge in [0.15, 0.2) is 0 Å². The van der Waals surface area contributed by atoms with E-state index in [2.05, 4.69) is 157 Å². The molecule has 0 unspecified atom stereocenters. The molecular weight excluding hydrogens is 534 g/mol. The standard InChI is InChI=1S/C42H27NO/c1-2-10-30(11-3-1)43(32-23-24-37-35-14-5-4-12-33(35)34-13-6-7-15-36(34)39(37)27-32)31-21-18-28(19-22-31)29-20-25-42-40(26-29)38-16-8-9-17-41(38)44-42/h1-27H. The molecule has 44 heavy (non-hydrogen) atoms. The zero-order chi connectivity index (χ0) is 29.0. The first-order chi connectivity index (χ1) is 21.8. The Balaban J connectivity index is 1.19. The molecule has 0 N–H and O–H groups in total. The Morgan fingerprint density at radius 3 is 1.50 bits per heavy atom. The van der Waals surface area contributed by atoms with Crippen molar-refractivity contribution in [2.24, 2.45) is 0 Å². The van der Waals surface area contributed by atoms with Crippen LogP contribution in [0.25, 0.3) is 65.4 Å².